The third-order valence-corrected chi connectivity index (χ3v) is 4.91. The second-order valence-corrected chi connectivity index (χ2v) is 5.75. The van der Waals surface area contributed by atoms with Gasteiger partial charge in [0.15, 0.2) is 0 Å². The largest absolute Gasteiger partial charge is 0.383 e. The van der Waals surface area contributed by atoms with Crippen LogP contribution in [0.4, 0.5) is 5.82 Å². The van der Waals surface area contributed by atoms with Gasteiger partial charge >= 0.3 is 0 Å². The van der Waals surface area contributed by atoms with Gasteiger partial charge in [-0.2, -0.15) is 5.10 Å². The average molecular weight is 260 g/mol. The van der Waals surface area contributed by atoms with Gasteiger partial charge in [-0.3, -0.25) is 5.10 Å². The van der Waals surface area contributed by atoms with Gasteiger partial charge in [-0.15, -0.1) is 0 Å². The van der Waals surface area contributed by atoms with Crippen LogP contribution in [-0.4, -0.2) is 24.2 Å². The minimum atomic E-state index is -3.61. The molecule has 0 aliphatic heterocycles. The van der Waals surface area contributed by atoms with Gasteiger partial charge in [0, 0.05) is 5.54 Å². The fourth-order valence-corrected chi connectivity index (χ4v) is 3.45. The predicted octanol–water partition coefficient (Wildman–Crippen LogP) is 1.24. The van der Waals surface area contributed by atoms with Gasteiger partial charge < -0.3 is 5.73 Å². The Kier molecular flexibility index (Phi) is 4.16. The minimum Gasteiger partial charge on any atom is -0.383 e. The SMILES string of the molecule is CCC(CC)(CC)NS(=O)(=O)c1cn[nH]c1N. The fourth-order valence-electron chi connectivity index (χ4n) is 1.81. The molecule has 1 aromatic rings. The molecule has 17 heavy (non-hydrogen) atoms. The van der Waals surface area contributed by atoms with Gasteiger partial charge in [-0.25, -0.2) is 13.1 Å². The van der Waals surface area contributed by atoms with E-state index in [4.69, 9.17) is 5.73 Å². The van der Waals surface area contributed by atoms with E-state index >= 15 is 0 Å². The number of nitrogen functional groups attached to an aromatic ring is 1. The molecule has 0 aliphatic carbocycles. The van der Waals surface area contributed by atoms with E-state index in [9.17, 15) is 8.42 Å². The normalized spacial score (nSPS) is 12.9. The van der Waals surface area contributed by atoms with Crippen LogP contribution in [0.15, 0.2) is 11.1 Å². The molecule has 0 aromatic carbocycles. The molecule has 7 heteroatoms. The summed E-state index contributed by atoms with van der Waals surface area (Å²) in [5.74, 6) is 0.0645. The first-order chi connectivity index (χ1) is 7.90. The predicted molar refractivity (Wildman–Crippen MR) is 66.9 cm³/mol. The van der Waals surface area contributed by atoms with Crippen molar-refractivity contribution in [2.24, 2.45) is 0 Å². The minimum absolute atomic E-state index is 0.0113. The maximum atomic E-state index is 12.2. The number of hydrogen-bond donors (Lipinski definition) is 3. The lowest BCUT2D eigenvalue weighted by molar-refractivity contribution is 0.342. The van der Waals surface area contributed by atoms with Gasteiger partial charge in [0.2, 0.25) is 10.0 Å². The number of aromatic amines is 1. The van der Waals surface area contributed by atoms with Crippen LogP contribution in [0.1, 0.15) is 40.0 Å². The van der Waals surface area contributed by atoms with E-state index in [2.05, 4.69) is 14.9 Å². The number of nitrogens with two attached hydrogens (primary N) is 1. The lowest BCUT2D eigenvalue weighted by atomic mass is 9.91. The van der Waals surface area contributed by atoms with Crippen molar-refractivity contribution in [3.63, 3.8) is 0 Å². The Hall–Kier alpha value is -1.08. The van der Waals surface area contributed by atoms with E-state index in [0.717, 1.165) is 19.3 Å². The van der Waals surface area contributed by atoms with Crippen LogP contribution in [0.3, 0.4) is 0 Å². The smallest absolute Gasteiger partial charge is 0.246 e. The highest BCUT2D eigenvalue weighted by atomic mass is 32.2. The van der Waals surface area contributed by atoms with Crippen molar-refractivity contribution >= 4 is 15.8 Å². The number of anilines is 1. The third-order valence-electron chi connectivity index (χ3n) is 3.30. The second-order valence-electron chi connectivity index (χ2n) is 4.09. The highest BCUT2D eigenvalue weighted by Gasteiger charge is 2.31. The second kappa shape index (κ2) is 5.05. The van der Waals surface area contributed by atoms with Crippen LogP contribution in [0, 0.1) is 0 Å². The molecule has 0 aliphatic rings. The summed E-state index contributed by atoms with van der Waals surface area (Å²) in [4.78, 5) is 0.0113. The standard InChI is InChI=1S/C10H20N4O2S/c1-4-10(5-2,6-3)14-17(15,16)8-7-12-13-9(8)11/h7,14H,4-6H2,1-3H3,(H3,11,12,13). The van der Waals surface area contributed by atoms with Crippen LogP contribution in [0.25, 0.3) is 0 Å². The first-order valence-corrected chi connectivity index (χ1v) is 7.22. The van der Waals surface area contributed by atoms with Crippen LogP contribution >= 0.6 is 0 Å². The van der Waals surface area contributed by atoms with Crippen molar-refractivity contribution in [3.8, 4) is 0 Å². The van der Waals surface area contributed by atoms with E-state index < -0.39 is 15.6 Å². The van der Waals surface area contributed by atoms with Gasteiger partial charge in [0.25, 0.3) is 0 Å². The number of aromatic nitrogens is 2. The Labute approximate surface area is 102 Å². The van der Waals surface area contributed by atoms with E-state index in [1.54, 1.807) is 0 Å². The summed E-state index contributed by atoms with van der Waals surface area (Å²) in [7, 11) is -3.61. The number of nitrogens with zero attached hydrogens (tertiary/aromatic N) is 1. The third kappa shape index (κ3) is 2.78. The first kappa shape index (κ1) is 14.0. The van der Waals surface area contributed by atoms with Crippen LogP contribution in [0.2, 0.25) is 0 Å². The zero-order valence-corrected chi connectivity index (χ0v) is 11.3. The van der Waals surface area contributed by atoms with Gasteiger partial charge in [0.05, 0.1) is 6.20 Å². The number of nitrogens with one attached hydrogen (secondary N) is 2. The fraction of sp³-hybridized carbons (Fsp3) is 0.700. The molecule has 0 spiro atoms. The van der Waals surface area contributed by atoms with Gasteiger partial charge in [-0.05, 0) is 19.3 Å². The molecular formula is C10H20N4O2S. The molecule has 0 saturated heterocycles. The number of hydrogen-bond acceptors (Lipinski definition) is 4. The molecule has 0 unspecified atom stereocenters. The van der Waals surface area contributed by atoms with E-state index in [1.165, 1.54) is 6.20 Å². The number of sulfonamides is 1. The Balaban J connectivity index is 3.05. The summed E-state index contributed by atoms with van der Waals surface area (Å²) in [6.45, 7) is 5.90. The number of H-pyrrole nitrogens is 1. The van der Waals surface area contributed by atoms with Crippen molar-refractivity contribution in [2.75, 3.05) is 5.73 Å². The lowest BCUT2D eigenvalue weighted by Crippen LogP contribution is -2.47. The van der Waals surface area contributed by atoms with Crippen molar-refractivity contribution in [2.45, 2.75) is 50.5 Å². The molecule has 0 fully saturated rings. The maximum Gasteiger partial charge on any atom is 0.246 e. The van der Waals surface area contributed by atoms with E-state index in [0.29, 0.717) is 0 Å². The molecule has 0 amide bonds. The Bertz CT molecular complexity index is 454. The van der Waals surface area contributed by atoms with Gasteiger partial charge in [0.1, 0.15) is 10.7 Å². The molecule has 6 nitrogen and oxygen atoms in total. The first-order valence-electron chi connectivity index (χ1n) is 5.73. The molecule has 4 N–H and O–H groups in total. The molecule has 0 saturated carbocycles. The highest BCUT2D eigenvalue weighted by molar-refractivity contribution is 7.89. The molecule has 0 bridgehead atoms. The molecular weight excluding hydrogens is 240 g/mol. The van der Waals surface area contributed by atoms with Crippen LogP contribution in [-0.2, 0) is 10.0 Å². The molecule has 1 rings (SSSR count). The molecule has 0 atom stereocenters. The topological polar surface area (TPSA) is 101 Å². The van der Waals surface area contributed by atoms with Crippen molar-refractivity contribution < 1.29 is 8.42 Å². The average Bonchev–Trinajstić information content (AvgIpc) is 2.73. The Morgan fingerprint density at radius 3 is 2.24 bits per heavy atom. The summed E-state index contributed by atoms with van der Waals surface area (Å²) >= 11 is 0. The summed E-state index contributed by atoms with van der Waals surface area (Å²) in [6.07, 6.45) is 3.42. The van der Waals surface area contributed by atoms with Crippen LogP contribution in [0.5, 0.6) is 0 Å². The zero-order chi connectivity index (χ0) is 13.1. The monoisotopic (exact) mass is 260 g/mol. The summed E-state index contributed by atoms with van der Waals surface area (Å²) in [5.41, 5.74) is 5.12. The lowest BCUT2D eigenvalue weighted by Gasteiger charge is -2.31. The molecule has 0 radical (unpaired) electrons. The highest BCUT2D eigenvalue weighted by Crippen LogP contribution is 2.24. The Morgan fingerprint density at radius 2 is 1.88 bits per heavy atom. The van der Waals surface area contributed by atoms with E-state index in [1.807, 2.05) is 20.8 Å². The summed E-state index contributed by atoms with van der Waals surface area (Å²) in [5, 5.41) is 6.05. The van der Waals surface area contributed by atoms with Crippen molar-refractivity contribution in [3.05, 3.63) is 6.20 Å². The quantitative estimate of drug-likeness (QED) is 0.716. The molecule has 1 heterocycles. The Morgan fingerprint density at radius 1 is 1.35 bits per heavy atom. The maximum absolute atomic E-state index is 12.2. The molecule has 98 valence electrons. The van der Waals surface area contributed by atoms with Gasteiger partial charge in [-0.1, -0.05) is 20.8 Å². The van der Waals surface area contributed by atoms with Crippen molar-refractivity contribution in [1.29, 1.82) is 0 Å². The molecule has 1 aromatic heterocycles. The van der Waals surface area contributed by atoms with Crippen molar-refractivity contribution in [1.82, 2.24) is 14.9 Å². The van der Waals surface area contributed by atoms with E-state index in [-0.39, 0.29) is 10.7 Å². The summed E-state index contributed by atoms with van der Waals surface area (Å²) in [6, 6.07) is 0. The van der Waals surface area contributed by atoms with Crippen LogP contribution < -0.4 is 10.5 Å². The zero-order valence-electron chi connectivity index (χ0n) is 10.4. The summed E-state index contributed by atoms with van der Waals surface area (Å²) < 4.78 is 27.0. The number of rotatable bonds is 6.